The minimum absolute atomic E-state index is 0.889. The molecule has 0 saturated heterocycles. The zero-order valence-corrected chi connectivity index (χ0v) is 13.5. The molecule has 5 nitrogen and oxygen atoms in total. The van der Waals surface area contributed by atoms with E-state index in [4.69, 9.17) is 0 Å². The quantitative estimate of drug-likeness (QED) is 0.734. The van der Waals surface area contributed by atoms with Gasteiger partial charge >= 0.3 is 0 Å². The third kappa shape index (κ3) is 2.64. The highest BCUT2D eigenvalue weighted by molar-refractivity contribution is 6.12. The number of fused-ring (bicyclic) bond motifs is 3. The van der Waals surface area contributed by atoms with Crippen molar-refractivity contribution >= 4 is 27.6 Å². The van der Waals surface area contributed by atoms with Crippen molar-refractivity contribution in [1.82, 2.24) is 19.9 Å². The second kappa shape index (κ2) is 6.32. The Kier molecular flexibility index (Phi) is 4.24. The number of hydrogen-bond acceptors (Lipinski definition) is 4. The fourth-order valence-electron chi connectivity index (χ4n) is 2.87. The second-order valence-electron chi connectivity index (χ2n) is 5.54. The van der Waals surface area contributed by atoms with Crippen LogP contribution in [0.4, 0.5) is 5.82 Å². The number of nitrogens with one attached hydrogen (secondary N) is 2. The molecule has 3 aromatic heterocycles. The van der Waals surface area contributed by atoms with Gasteiger partial charge in [0, 0.05) is 42.6 Å². The van der Waals surface area contributed by atoms with E-state index >= 15 is 0 Å². The second-order valence-corrected chi connectivity index (χ2v) is 5.54. The van der Waals surface area contributed by atoms with Gasteiger partial charge in [-0.15, -0.1) is 0 Å². The van der Waals surface area contributed by atoms with E-state index in [2.05, 4.69) is 45.9 Å². The predicted molar refractivity (Wildman–Crippen MR) is 92.4 cm³/mol. The molecule has 22 heavy (non-hydrogen) atoms. The summed E-state index contributed by atoms with van der Waals surface area (Å²) in [6.45, 7) is 10.5. The van der Waals surface area contributed by atoms with Gasteiger partial charge in [-0.3, -0.25) is 4.98 Å². The van der Waals surface area contributed by atoms with Crippen LogP contribution in [0.3, 0.4) is 0 Å². The van der Waals surface area contributed by atoms with E-state index in [9.17, 15) is 0 Å². The molecular formula is C17H23N5. The van der Waals surface area contributed by atoms with Gasteiger partial charge < -0.3 is 15.2 Å². The summed E-state index contributed by atoms with van der Waals surface area (Å²) in [5.74, 6) is 0.937. The van der Waals surface area contributed by atoms with Crippen LogP contribution in [0.5, 0.6) is 0 Å². The number of aromatic nitrogens is 3. The van der Waals surface area contributed by atoms with Gasteiger partial charge in [0.2, 0.25) is 0 Å². The normalized spacial score (nSPS) is 11.6. The van der Waals surface area contributed by atoms with E-state index in [1.165, 1.54) is 0 Å². The Labute approximate surface area is 130 Å². The maximum Gasteiger partial charge on any atom is 0.136 e. The molecule has 0 saturated carbocycles. The molecule has 0 spiro atoms. The van der Waals surface area contributed by atoms with Crippen LogP contribution in [0, 0.1) is 6.92 Å². The van der Waals surface area contributed by atoms with E-state index < -0.39 is 0 Å². The average molecular weight is 297 g/mol. The standard InChI is InChI=1S/C17H23N5/c1-4-22(5-2)9-8-19-17-15-13-11-18-7-6-14(13)21-16(15)12(3)10-20-17/h6-7,10-11,21H,4-5,8-9H2,1-3H3,(H,19,20). The Morgan fingerprint density at radius 2 is 2.05 bits per heavy atom. The molecule has 3 rings (SSSR count). The lowest BCUT2D eigenvalue weighted by Crippen LogP contribution is -2.28. The first kappa shape index (κ1) is 14.8. The SMILES string of the molecule is CCN(CC)CCNc1ncc(C)c2[nH]c3ccncc3c12. The molecule has 0 atom stereocenters. The van der Waals surface area contributed by atoms with Crippen molar-refractivity contribution in [3.63, 3.8) is 0 Å². The smallest absolute Gasteiger partial charge is 0.136 e. The van der Waals surface area contributed by atoms with E-state index in [1.807, 2.05) is 24.7 Å². The molecule has 116 valence electrons. The summed E-state index contributed by atoms with van der Waals surface area (Å²) >= 11 is 0. The van der Waals surface area contributed by atoms with Crippen molar-refractivity contribution in [3.8, 4) is 0 Å². The number of rotatable bonds is 6. The summed E-state index contributed by atoms with van der Waals surface area (Å²) in [5, 5.41) is 5.76. The molecule has 3 heterocycles. The Morgan fingerprint density at radius 1 is 1.23 bits per heavy atom. The summed E-state index contributed by atoms with van der Waals surface area (Å²) in [4.78, 5) is 14.7. The third-order valence-corrected chi connectivity index (χ3v) is 4.23. The Balaban J connectivity index is 1.94. The van der Waals surface area contributed by atoms with Crippen molar-refractivity contribution < 1.29 is 0 Å². The van der Waals surface area contributed by atoms with Gasteiger partial charge in [0.25, 0.3) is 0 Å². The average Bonchev–Trinajstić information content (AvgIpc) is 2.94. The number of aromatic amines is 1. The number of nitrogens with zero attached hydrogens (tertiary/aromatic N) is 3. The highest BCUT2D eigenvalue weighted by Gasteiger charge is 2.12. The monoisotopic (exact) mass is 297 g/mol. The van der Waals surface area contributed by atoms with Crippen molar-refractivity contribution in [2.24, 2.45) is 0 Å². The largest absolute Gasteiger partial charge is 0.368 e. The molecule has 2 N–H and O–H groups in total. The van der Waals surface area contributed by atoms with E-state index in [0.29, 0.717) is 0 Å². The van der Waals surface area contributed by atoms with Gasteiger partial charge in [0.1, 0.15) is 5.82 Å². The van der Waals surface area contributed by atoms with Crippen molar-refractivity contribution in [3.05, 3.63) is 30.2 Å². The molecule has 0 aliphatic rings. The molecule has 0 bridgehead atoms. The highest BCUT2D eigenvalue weighted by atomic mass is 15.1. The molecule has 0 aliphatic heterocycles. The summed E-state index contributed by atoms with van der Waals surface area (Å²) in [5.41, 5.74) is 3.40. The number of likely N-dealkylation sites (N-methyl/N-ethyl adjacent to an activating group) is 1. The molecule has 0 radical (unpaired) electrons. The van der Waals surface area contributed by atoms with Crippen LogP contribution >= 0.6 is 0 Å². The van der Waals surface area contributed by atoms with Crippen molar-refractivity contribution in [2.75, 3.05) is 31.5 Å². The molecule has 0 aromatic carbocycles. The van der Waals surface area contributed by atoms with Gasteiger partial charge in [-0.05, 0) is 31.6 Å². The molecular weight excluding hydrogens is 274 g/mol. The van der Waals surface area contributed by atoms with Crippen molar-refractivity contribution in [1.29, 1.82) is 0 Å². The van der Waals surface area contributed by atoms with Crippen LogP contribution in [0.15, 0.2) is 24.7 Å². The Morgan fingerprint density at radius 3 is 2.82 bits per heavy atom. The van der Waals surface area contributed by atoms with Crippen LogP contribution in [-0.2, 0) is 0 Å². The highest BCUT2D eigenvalue weighted by Crippen LogP contribution is 2.31. The molecule has 0 fully saturated rings. The van der Waals surface area contributed by atoms with Gasteiger partial charge in [0.15, 0.2) is 0 Å². The first-order valence-corrected chi connectivity index (χ1v) is 7.91. The first-order chi connectivity index (χ1) is 10.7. The zero-order valence-electron chi connectivity index (χ0n) is 13.5. The van der Waals surface area contributed by atoms with E-state index in [0.717, 1.165) is 59.4 Å². The topological polar surface area (TPSA) is 56.8 Å². The molecule has 0 aliphatic carbocycles. The molecule has 5 heteroatoms. The minimum atomic E-state index is 0.889. The Hall–Kier alpha value is -2.14. The Bertz CT molecular complexity index is 773. The van der Waals surface area contributed by atoms with Gasteiger partial charge in [-0.1, -0.05) is 13.8 Å². The van der Waals surface area contributed by atoms with Crippen LogP contribution in [0.2, 0.25) is 0 Å². The number of pyridine rings is 2. The molecule has 3 aromatic rings. The van der Waals surface area contributed by atoms with E-state index in [1.54, 1.807) is 0 Å². The maximum atomic E-state index is 4.60. The van der Waals surface area contributed by atoms with Crippen LogP contribution in [0.25, 0.3) is 21.8 Å². The summed E-state index contributed by atoms with van der Waals surface area (Å²) in [6.07, 6.45) is 5.64. The first-order valence-electron chi connectivity index (χ1n) is 7.91. The number of aryl methyl sites for hydroxylation is 1. The zero-order chi connectivity index (χ0) is 15.5. The summed E-state index contributed by atoms with van der Waals surface area (Å²) in [7, 11) is 0. The lowest BCUT2D eigenvalue weighted by molar-refractivity contribution is 0.316. The fourth-order valence-corrected chi connectivity index (χ4v) is 2.87. The summed E-state index contributed by atoms with van der Waals surface area (Å²) in [6, 6.07) is 2.01. The number of H-pyrrole nitrogens is 1. The lowest BCUT2D eigenvalue weighted by atomic mass is 10.2. The number of hydrogen-bond donors (Lipinski definition) is 2. The third-order valence-electron chi connectivity index (χ3n) is 4.23. The van der Waals surface area contributed by atoms with E-state index in [-0.39, 0.29) is 0 Å². The molecule has 0 amide bonds. The van der Waals surface area contributed by atoms with Crippen LogP contribution in [0.1, 0.15) is 19.4 Å². The van der Waals surface area contributed by atoms with Crippen LogP contribution in [-0.4, -0.2) is 46.0 Å². The van der Waals surface area contributed by atoms with Crippen molar-refractivity contribution in [2.45, 2.75) is 20.8 Å². The summed E-state index contributed by atoms with van der Waals surface area (Å²) < 4.78 is 0. The molecule has 0 unspecified atom stereocenters. The number of anilines is 1. The van der Waals surface area contributed by atoms with Gasteiger partial charge in [-0.25, -0.2) is 4.98 Å². The fraction of sp³-hybridized carbons (Fsp3) is 0.412. The predicted octanol–water partition coefficient (Wildman–Crippen LogP) is 3.17. The minimum Gasteiger partial charge on any atom is -0.368 e. The lowest BCUT2D eigenvalue weighted by Gasteiger charge is -2.18. The van der Waals surface area contributed by atoms with Gasteiger partial charge in [-0.2, -0.15) is 0 Å². The van der Waals surface area contributed by atoms with Crippen LogP contribution < -0.4 is 5.32 Å². The maximum absolute atomic E-state index is 4.60. The van der Waals surface area contributed by atoms with Gasteiger partial charge in [0.05, 0.1) is 10.9 Å².